The Balaban J connectivity index is 1.48. The van der Waals surface area contributed by atoms with Crippen molar-refractivity contribution in [2.24, 2.45) is 23.7 Å². The molecule has 4 atom stereocenters. The predicted molar refractivity (Wildman–Crippen MR) is 97.9 cm³/mol. The molecule has 7 nitrogen and oxygen atoms in total. The largest absolute Gasteiger partial charge is 0.550 e. The molecule has 0 aliphatic heterocycles. The Hall–Kier alpha value is -3.00. The number of rotatable bonds is 5. The van der Waals surface area contributed by atoms with E-state index in [2.05, 4.69) is 15.6 Å². The van der Waals surface area contributed by atoms with E-state index >= 15 is 0 Å². The van der Waals surface area contributed by atoms with Gasteiger partial charge in [-0.1, -0.05) is 18.2 Å². The number of amides is 2. The van der Waals surface area contributed by atoms with E-state index in [-0.39, 0.29) is 23.7 Å². The number of anilines is 2. The average molecular weight is 382 g/mol. The van der Waals surface area contributed by atoms with Gasteiger partial charge in [0.2, 0.25) is 5.91 Å². The minimum Gasteiger partial charge on any atom is -0.550 e. The highest BCUT2D eigenvalue weighted by Crippen LogP contribution is 2.48. The third-order valence-corrected chi connectivity index (χ3v) is 5.77. The normalized spacial score (nSPS) is 25.3. The second-order valence-electron chi connectivity index (χ2n) is 6.68. The summed E-state index contributed by atoms with van der Waals surface area (Å²) in [5, 5.41) is 19.1. The van der Waals surface area contributed by atoms with E-state index in [9.17, 15) is 19.5 Å². The maximum Gasteiger partial charge on any atom is 0.257 e. The molecule has 8 heteroatoms. The van der Waals surface area contributed by atoms with E-state index in [0.29, 0.717) is 22.8 Å². The molecule has 2 N–H and O–H groups in total. The fourth-order valence-electron chi connectivity index (χ4n) is 3.92. The van der Waals surface area contributed by atoms with E-state index < -0.39 is 17.8 Å². The Morgan fingerprint density at radius 2 is 1.89 bits per heavy atom. The third kappa shape index (κ3) is 3.35. The van der Waals surface area contributed by atoms with Crippen LogP contribution in [0.3, 0.4) is 0 Å². The van der Waals surface area contributed by atoms with E-state index in [1.165, 1.54) is 11.3 Å². The molecule has 0 saturated heterocycles. The molecule has 138 valence electrons. The van der Waals surface area contributed by atoms with Gasteiger partial charge in [0.05, 0.1) is 5.92 Å². The molecular weight excluding hydrogens is 366 g/mol. The highest BCUT2D eigenvalue weighted by Gasteiger charge is 2.48. The number of thiazole rings is 1. The summed E-state index contributed by atoms with van der Waals surface area (Å²) >= 11 is 1.31. The van der Waals surface area contributed by atoms with Crippen molar-refractivity contribution in [1.82, 2.24) is 4.98 Å². The Bertz CT molecular complexity index is 925. The molecule has 0 unspecified atom stereocenters. The van der Waals surface area contributed by atoms with E-state index in [0.717, 1.165) is 0 Å². The number of carboxylic acids is 1. The zero-order valence-corrected chi connectivity index (χ0v) is 14.9. The smallest absolute Gasteiger partial charge is 0.257 e. The van der Waals surface area contributed by atoms with Crippen molar-refractivity contribution in [3.05, 3.63) is 53.6 Å². The number of allylic oxidation sites excluding steroid dienone is 2. The molecule has 1 saturated carbocycles. The van der Waals surface area contributed by atoms with Gasteiger partial charge < -0.3 is 15.2 Å². The number of carboxylic acid groups (broad SMARTS) is 1. The summed E-state index contributed by atoms with van der Waals surface area (Å²) in [6, 6.07) is 6.50. The van der Waals surface area contributed by atoms with Crippen LogP contribution in [0.15, 0.2) is 48.0 Å². The fraction of sp³-hybridized carbons (Fsp3) is 0.263. The van der Waals surface area contributed by atoms with Gasteiger partial charge in [-0.15, -0.1) is 11.3 Å². The lowest BCUT2D eigenvalue weighted by molar-refractivity contribution is -0.313. The van der Waals surface area contributed by atoms with Crippen molar-refractivity contribution >= 4 is 39.9 Å². The maximum absolute atomic E-state index is 12.7. The predicted octanol–water partition coefficient (Wildman–Crippen LogP) is 1.52. The molecule has 2 aliphatic carbocycles. The second kappa shape index (κ2) is 6.96. The summed E-state index contributed by atoms with van der Waals surface area (Å²) in [6.45, 7) is 0. The van der Waals surface area contributed by atoms with E-state index in [4.69, 9.17) is 0 Å². The number of benzene rings is 1. The minimum absolute atomic E-state index is 0.0886. The topological polar surface area (TPSA) is 111 Å². The number of hydrogen-bond donors (Lipinski definition) is 2. The van der Waals surface area contributed by atoms with E-state index in [1.807, 2.05) is 12.2 Å². The van der Waals surface area contributed by atoms with Gasteiger partial charge in [0.15, 0.2) is 5.13 Å². The van der Waals surface area contributed by atoms with Crippen molar-refractivity contribution in [1.29, 1.82) is 0 Å². The zero-order chi connectivity index (χ0) is 19.0. The molecular formula is C19H16N3O4S-. The third-order valence-electron chi connectivity index (χ3n) is 5.08. The molecule has 0 spiro atoms. The van der Waals surface area contributed by atoms with Crippen molar-refractivity contribution in [3.8, 4) is 0 Å². The second-order valence-corrected chi connectivity index (χ2v) is 7.57. The number of aliphatic carboxylic acids is 1. The molecule has 27 heavy (non-hydrogen) atoms. The lowest BCUT2D eigenvalue weighted by atomic mass is 9.82. The standard InChI is InChI=1S/C19H17N3O4S/c23-16(22-19-20-6-7-27-19)12-2-1-3-13(9-12)21-17(24)14-10-4-5-11(8-10)15(14)18(25)26/h1-7,9-11,14-15H,8H2,(H,21,24)(H,25,26)(H,20,22,23)/p-1/t10-,11-,14-,15-/m0/s1. The van der Waals surface area contributed by atoms with Gasteiger partial charge >= 0.3 is 0 Å². The molecule has 2 aromatic rings. The minimum atomic E-state index is -1.19. The van der Waals surface area contributed by atoms with Gasteiger partial charge in [0, 0.05) is 34.7 Å². The molecule has 1 aromatic heterocycles. The van der Waals surface area contributed by atoms with Gasteiger partial charge in [0.25, 0.3) is 5.91 Å². The Morgan fingerprint density at radius 1 is 1.11 bits per heavy atom. The first-order chi connectivity index (χ1) is 13.0. The first-order valence-electron chi connectivity index (χ1n) is 8.54. The van der Waals surface area contributed by atoms with Crippen molar-refractivity contribution in [3.63, 3.8) is 0 Å². The Morgan fingerprint density at radius 3 is 2.59 bits per heavy atom. The highest BCUT2D eigenvalue weighted by atomic mass is 32.1. The molecule has 1 heterocycles. The molecule has 1 aromatic carbocycles. The summed E-state index contributed by atoms with van der Waals surface area (Å²) in [5.41, 5.74) is 0.808. The molecule has 2 amide bonds. The van der Waals surface area contributed by atoms with Crippen LogP contribution in [0, 0.1) is 23.7 Å². The fourth-order valence-corrected chi connectivity index (χ4v) is 4.44. The maximum atomic E-state index is 12.7. The van der Waals surface area contributed by atoms with Crippen LogP contribution in [-0.4, -0.2) is 22.8 Å². The first-order valence-corrected chi connectivity index (χ1v) is 9.42. The summed E-state index contributed by atoms with van der Waals surface area (Å²) in [5.74, 6) is -3.59. The van der Waals surface area contributed by atoms with Gasteiger partial charge in [-0.05, 0) is 36.5 Å². The van der Waals surface area contributed by atoms with Crippen LogP contribution in [0.1, 0.15) is 16.8 Å². The van der Waals surface area contributed by atoms with Crippen molar-refractivity contribution < 1.29 is 19.5 Å². The van der Waals surface area contributed by atoms with Crippen molar-refractivity contribution in [2.45, 2.75) is 6.42 Å². The monoisotopic (exact) mass is 382 g/mol. The Labute approximate surface area is 159 Å². The number of aromatic nitrogens is 1. The van der Waals surface area contributed by atoms with Crippen molar-refractivity contribution in [2.75, 3.05) is 10.6 Å². The first kappa shape index (κ1) is 17.4. The quantitative estimate of drug-likeness (QED) is 0.762. The van der Waals surface area contributed by atoms with E-state index in [1.54, 1.807) is 35.8 Å². The zero-order valence-electron chi connectivity index (χ0n) is 14.1. The molecule has 2 bridgehead atoms. The van der Waals surface area contributed by atoms with Crippen LogP contribution in [-0.2, 0) is 9.59 Å². The van der Waals surface area contributed by atoms with Crippen LogP contribution in [0.25, 0.3) is 0 Å². The summed E-state index contributed by atoms with van der Waals surface area (Å²) < 4.78 is 0. The number of nitrogens with zero attached hydrogens (tertiary/aromatic N) is 1. The summed E-state index contributed by atoms with van der Waals surface area (Å²) in [6.07, 6.45) is 6.02. The molecule has 2 aliphatic rings. The van der Waals surface area contributed by atoms with Gasteiger partial charge in [-0.3, -0.25) is 14.9 Å². The lowest BCUT2D eigenvalue weighted by Gasteiger charge is -2.27. The number of nitrogens with one attached hydrogen (secondary N) is 2. The number of fused-ring (bicyclic) bond motifs is 2. The molecule has 4 rings (SSSR count). The lowest BCUT2D eigenvalue weighted by Crippen LogP contribution is -2.42. The van der Waals surface area contributed by atoms with Gasteiger partial charge in [0.1, 0.15) is 0 Å². The average Bonchev–Trinajstić information content (AvgIpc) is 3.38. The summed E-state index contributed by atoms with van der Waals surface area (Å²) in [7, 11) is 0. The number of hydrogen-bond acceptors (Lipinski definition) is 6. The van der Waals surface area contributed by atoms with Gasteiger partial charge in [-0.2, -0.15) is 0 Å². The molecule has 1 fully saturated rings. The van der Waals surface area contributed by atoms with Crippen LogP contribution in [0.4, 0.5) is 10.8 Å². The van der Waals surface area contributed by atoms with Crippen LogP contribution < -0.4 is 15.7 Å². The number of carbonyl (C=O) groups is 3. The SMILES string of the molecule is O=C(Nc1nccs1)c1cccc(NC(=O)[C@@H]2[C@@H](C(=O)[O-])[C@H]3C=C[C@H]2C3)c1. The van der Waals surface area contributed by atoms with Crippen LogP contribution >= 0.6 is 11.3 Å². The molecule has 0 radical (unpaired) electrons. The van der Waals surface area contributed by atoms with Crippen LogP contribution in [0.5, 0.6) is 0 Å². The van der Waals surface area contributed by atoms with Crippen LogP contribution in [0.2, 0.25) is 0 Å². The van der Waals surface area contributed by atoms with Gasteiger partial charge in [-0.25, -0.2) is 4.98 Å². The summed E-state index contributed by atoms with van der Waals surface area (Å²) in [4.78, 5) is 40.5. The Kier molecular flexibility index (Phi) is 4.49. The number of carbonyl (C=O) groups excluding carboxylic acids is 3. The highest BCUT2D eigenvalue weighted by molar-refractivity contribution is 7.13.